The third-order valence-corrected chi connectivity index (χ3v) is 2.83. The van der Waals surface area contributed by atoms with Gasteiger partial charge in [0.1, 0.15) is 11.9 Å². The van der Waals surface area contributed by atoms with E-state index in [9.17, 15) is 0 Å². The summed E-state index contributed by atoms with van der Waals surface area (Å²) < 4.78 is 5.72. The minimum atomic E-state index is -0.0655. The maximum Gasteiger partial charge on any atom is 0.123 e. The van der Waals surface area contributed by atoms with Crippen LogP contribution in [0.2, 0.25) is 0 Å². The summed E-state index contributed by atoms with van der Waals surface area (Å²) >= 11 is 0. The SMILES string of the molecule is OCC(CO)CC1Cc2ccccc2O1. The molecule has 3 heteroatoms. The minimum absolute atomic E-state index is 0.0205. The van der Waals surface area contributed by atoms with Crippen LogP contribution in [0.1, 0.15) is 12.0 Å². The summed E-state index contributed by atoms with van der Waals surface area (Å²) in [5, 5.41) is 18.0. The average Bonchev–Trinajstić information content (AvgIpc) is 2.68. The molecular formula is C12H16O3. The van der Waals surface area contributed by atoms with Crippen LogP contribution in [0.4, 0.5) is 0 Å². The summed E-state index contributed by atoms with van der Waals surface area (Å²) in [5.74, 6) is 0.876. The van der Waals surface area contributed by atoms with E-state index in [4.69, 9.17) is 14.9 Å². The Kier molecular flexibility index (Phi) is 3.23. The van der Waals surface area contributed by atoms with Crippen molar-refractivity contribution in [1.29, 1.82) is 0 Å². The van der Waals surface area contributed by atoms with Crippen LogP contribution < -0.4 is 4.74 Å². The molecular weight excluding hydrogens is 192 g/mol. The lowest BCUT2D eigenvalue weighted by molar-refractivity contribution is 0.104. The minimum Gasteiger partial charge on any atom is -0.490 e. The van der Waals surface area contributed by atoms with Gasteiger partial charge in [-0.15, -0.1) is 0 Å². The van der Waals surface area contributed by atoms with Gasteiger partial charge in [-0.25, -0.2) is 0 Å². The normalized spacial score (nSPS) is 19.0. The number of hydrogen-bond acceptors (Lipinski definition) is 3. The van der Waals surface area contributed by atoms with Gasteiger partial charge in [0.25, 0.3) is 0 Å². The summed E-state index contributed by atoms with van der Waals surface area (Å²) in [4.78, 5) is 0. The zero-order valence-electron chi connectivity index (χ0n) is 8.60. The third-order valence-electron chi connectivity index (χ3n) is 2.83. The number of hydrogen-bond donors (Lipinski definition) is 2. The van der Waals surface area contributed by atoms with Gasteiger partial charge in [-0.05, 0) is 18.1 Å². The van der Waals surface area contributed by atoms with E-state index >= 15 is 0 Å². The van der Waals surface area contributed by atoms with Crippen LogP contribution in [0.15, 0.2) is 24.3 Å². The van der Waals surface area contributed by atoms with Gasteiger partial charge in [0.15, 0.2) is 0 Å². The highest BCUT2D eigenvalue weighted by Gasteiger charge is 2.24. The van der Waals surface area contributed by atoms with Crippen LogP contribution in [0, 0.1) is 5.92 Å². The van der Waals surface area contributed by atoms with E-state index in [1.165, 1.54) is 5.56 Å². The Morgan fingerprint density at radius 3 is 2.67 bits per heavy atom. The number of aliphatic hydroxyl groups is 2. The average molecular weight is 208 g/mol. The van der Waals surface area contributed by atoms with Crippen molar-refractivity contribution in [2.45, 2.75) is 18.9 Å². The summed E-state index contributed by atoms with van der Waals surface area (Å²) in [6.07, 6.45) is 1.70. The molecule has 1 heterocycles. The van der Waals surface area contributed by atoms with Crippen molar-refractivity contribution < 1.29 is 14.9 Å². The number of fused-ring (bicyclic) bond motifs is 1. The fourth-order valence-corrected chi connectivity index (χ4v) is 1.96. The Hall–Kier alpha value is -1.06. The van der Waals surface area contributed by atoms with E-state index in [0.717, 1.165) is 12.2 Å². The first-order chi connectivity index (χ1) is 7.33. The lowest BCUT2D eigenvalue weighted by Crippen LogP contribution is -2.22. The molecule has 0 amide bonds. The van der Waals surface area contributed by atoms with Gasteiger partial charge in [0, 0.05) is 25.6 Å². The fourth-order valence-electron chi connectivity index (χ4n) is 1.96. The zero-order valence-corrected chi connectivity index (χ0v) is 8.60. The van der Waals surface area contributed by atoms with Gasteiger partial charge in [0.05, 0.1) is 0 Å². The molecule has 2 rings (SSSR count). The molecule has 1 unspecified atom stereocenters. The van der Waals surface area contributed by atoms with Crippen molar-refractivity contribution in [3.05, 3.63) is 29.8 Å². The van der Waals surface area contributed by atoms with Gasteiger partial charge in [-0.1, -0.05) is 18.2 Å². The van der Waals surface area contributed by atoms with E-state index in [2.05, 4.69) is 6.07 Å². The van der Waals surface area contributed by atoms with Crippen LogP contribution in [-0.2, 0) is 6.42 Å². The van der Waals surface area contributed by atoms with Crippen molar-refractivity contribution in [1.82, 2.24) is 0 Å². The Morgan fingerprint density at radius 1 is 1.27 bits per heavy atom. The van der Waals surface area contributed by atoms with E-state index < -0.39 is 0 Å². The molecule has 0 spiro atoms. The standard InChI is InChI=1S/C12H16O3/c13-7-9(8-14)5-11-6-10-3-1-2-4-12(10)15-11/h1-4,9,11,13-14H,5-8H2. The van der Waals surface area contributed by atoms with Crippen LogP contribution in [-0.4, -0.2) is 29.5 Å². The highest BCUT2D eigenvalue weighted by Crippen LogP contribution is 2.30. The molecule has 0 fully saturated rings. The molecule has 1 aromatic carbocycles. The van der Waals surface area contributed by atoms with Crippen molar-refractivity contribution in [2.24, 2.45) is 5.92 Å². The first-order valence-corrected chi connectivity index (χ1v) is 5.29. The molecule has 0 saturated carbocycles. The maximum atomic E-state index is 8.99. The van der Waals surface area contributed by atoms with E-state index in [1.807, 2.05) is 18.2 Å². The van der Waals surface area contributed by atoms with Gasteiger partial charge in [-0.2, -0.15) is 0 Å². The lowest BCUT2D eigenvalue weighted by Gasteiger charge is -2.16. The highest BCUT2D eigenvalue weighted by molar-refractivity contribution is 5.37. The van der Waals surface area contributed by atoms with E-state index in [0.29, 0.717) is 6.42 Å². The van der Waals surface area contributed by atoms with Crippen LogP contribution in [0.5, 0.6) is 5.75 Å². The summed E-state index contributed by atoms with van der Waals surface area (Å²) in [7, 11) is 0. The third kappa shape index (κ3) is 2.30. The molecule has 1 aromatic rings. The Labute approximate surface area is 89.3 Å². The number of benzene rings is 1. The quantitative estimate of drug-likeness (QED) is 0.775. The lowest BCUT2D eigenvalue weighted by atomic mass is 10.00. The number of ether oxygens (including phenoxy) is 1. The zero-order chi connectivity index (χ0) is 10.7. The van der Waals surface area contributed by atoms with Gasteiger partial charge in [0.2, 0.25) is 0 Å². The molecule has 0 radical (unpaired) electrons. The van der Waals surface area contributed by atoms with Crippen molar-refractivity contribution >= 4 is 0 Å². The Balaban J connectivity index is 1.95. The second-order valence-electron chi connectivity index (χ2n) is 4.02. The number of aliphatic hydroxyl groups excluding tert-OH is 2. The van der Waals surface area contributed by atoms with Gasteiger partial charge in [-0.3, -0.25) is 0 Å². The molecule has 3 nitrogen and oxygen atoms in total. The second-order valence-corrected chi connectivity index (χ2v) is 4.02. The molecule has 2 N–H and O–H groups in total. The first-order valence-electron chi connectivity index (χ1n) is 5.29. The molecule has 0 aromatic heterocycles. The first kappa shape index (κ1) is 10.5. The molecule has 0 bridgehead atoms. The summed E-state index contributed by atoms with van der Waals surface area (Å²) in [5.41, 5.74) is 1.22. The van der Waals surface area contributed by atoms with Crippen LogP contribution in [0.25, 0.3) is 0 Å². The van der Waals surface area contributed by atoms with Gasteiger partial charge < -0.3 is 14.9 Å². The van der Waals surface area contributed by atoms with E-state index in [-0.39, 0.29) is 25.2 Å². The molecule has 15 heavy (non-hydrogen) atoms. The summed E-state index contributed by atoms with van der Waals surface area (Å²) in [6, 6.07) is 7.97. The van der Waals surface area contributed by atoms with Crippen LogP contribution >= 0.6 is 0 Å². The fraction of sp³-hybridized carbons (Fsp3) is 0.500. The topological polar surface area (TPSA) is 49.7 Å². The largest absolute Gasteiger partial charge is 0.490 e. The maximum absolute atomic E-state index is 8.99. The Morgan fingerprint density at radius 2 is 2.00 bits per heavy atom. The summed E-state index contributed by atoms with van der Waals surface area (Å²) in [6.45, 7) is 0.0411. The van der Waals surface area contributed by atoms with E-state index in [1.54, 1.807) is 0 Å². The van der Waals surface area contributed by atoms with Crippen molar-refractivity contribution in [3.8, 4) is 5.75 Å². The van der Waals surface area contributed by atoms with Gasteiger partial charge >= 0.3 is 0 Å². The number of rotatable bonds is 4. The van der Waals surface area contributed by atoms with Crippen LogP contribution in [0.3, 0.4) is 0 Å². The molecule has 0 saturated heterocycles. The smallest absolute Gasteiger partial charge is 0.123 e. The highest BCUT2D eigenvalue weighted by atomic mass is 16.5. The monoisotopic (exact) mass is 208 g/mol. The Bertz CT molecular complexity index is 295. The molecule has 0 aliphatic carbocycles. The molecule has 82 valence electrons. The molecule has 1 atom stereocenters. The number of para-hydroxylation sites is 1. The van der Waals surface area contributed by atoms with Crippen molar-refractivity contribution in [3.63, 3.8) is 0 Å². The molecule has 1 aliphatic heterocycles. The molecule has 1 aliphatic rings. The predicted octanol–water partition coefficient (Wildman–Crippen LogP) is 0.981. The predicted molar refractivity (Wildman–Crippen MR) is 56.8 cm³/mol. The van der Waals surface area contributed by atoms with Crippen molar-refractivity contribution in [2.75, 3.05) is 13.2 Å². The second kappa shape index (κ2) is 4.64.